The zero-order valence-corrected chi connectivity index (χ0v) is 19.9. The van der Waals surface area contributed by atoms with Gasteiger partial charge in [-0.05, 0) is 49.2 Å². The Balaban J connectivity index is 1.27. The molecule has 2 aliphatic heterocycles. The number of halogens is 2. The molecule has 0 radical (unpaired) electrons. The van der Waals surface area contributed by atoms with E-state index in [1.54, 1.807) is 19.1 Å². The quantitative estimate of drug-likeness (QED) is 0.596. The van der Waals surface area contributed by atoms with Crippen molar-refractivity contribution in [2.24, 2.45) is 0 Å². The molecule has 3 aromatic rings. The summed E-state index contributed by atoms with van der Waals surface area (Å²) in [5.74, 6) is -1.19. The number of nitrogens with one attached hydrogen (secondary N) is 2. The summed E-state index contributed by atoms with van der Waals surface area (Å²) in [6.45, 7) is 8.14. The van der Waals surface area contributed by atoms with Crippen molar-refractivity contribution in [3.05, 3.63) is 59.3 Å². The van der Waals surface area contributed by atoms with Gasteiger partial charge in [0.1, 0.15) is 17.3 Å². The second-order valence-corrected chi connectivity index (χ2v) is 9.42. The Kier molecular flexibility index (Phi) is 6.19. The van der Waals surface area contributed by atoms with Crippen LogP contribution in [0.3, 0.4) is 0 Å². The number of aromatic nitrogens is 1. The number of nitrogens with zero attached hydrogens (tertiary/aromatic N) is 3. The number of hydrogen-bond donors (Lipinski definition) is 2. The lowest BCUT2D eigenvalue weighted by Gasteiger charge is -2.37. The predicted octanol–water partition coefficient (Wildman–Crippen LogP) is 3.75. The first kappa shape index (κ1) is 23.3. The van der Waals surface area contributed by atoms with Crippen LogP contribution in [0.2, 0.25) is 0 Å². The van der Waals surface area contributed by atoms with E-state index < -0.39 is 17.5 Å². The van der Waals surface area contributed by atoms with E-state index in [0.29, 0.717) is 28.3 Å². The largest absolute Gasteiger partial charge is 0.370 e. The third-order valence-corrected chi connectivity index (χ3v) is 7.14. The first-order valence-corrected chi connectivity index (χ1v) is 11.9. The number of amides is 2. The van der Waals surface area contributed by atoms with Crippen molar-refractivity contribution in [2.75, 3.05) is 49.5 Å². The third kappa shape index (κ3) is 4.73. The Morgan fingerprint density at radius 2 is 1.80 bits per heavy atom. The zero-order valence-electron chi connectivity index (χ0n) is 19.9. The molecule has 0 spiro atoms. The van der Waals surface area contributed by atoms with E-state index in [1.165, 1.54) is 24.3 Å². The maximum absolute atomic E-state index is 14.5. The minimum atomic E-state index is -0.459. The normalized spacial score (nSPS) is 18.9. The molecule has 0 aliphatic carbocycles. The minimum Gasteiger partial charge on any atom is -0.370 e. The van der Waals surface area contributed by atoms with E-state index in [0.717, 1.165) is 51.3 Å². The highest BCUT2D eigenvalue weighted by Crippen LogP contribution is 2.28. The summed E-state index contributed by atoms with van der Waals surface area (Å²) >= 11 is 0. The third-order valence-electron chi connectivity index (χ3n) is 7.14. The van der Waals surface area contributed by atoms with Crippen LogP contribution in [0.5, 0.6) is 0 Å². The number of rotatable bonds is 4. The van der Waals surface area contributed by atoms with Gasteiger partial charge in [0.25, 0.3) is 5.91 Å². The van der Waals surface area contributed by atoms with Gasteiger partial charge in [-0.15, -0.1) is 0 Å². The summed E-state index contributed by atoms with van der Waals surface area (Å²) in [6, 6.07) is 9.38. The summed E-state index contributed by atoms with van der Waals surface area (Å²) in [6.07, 6.45) is 0.957. The van der Waals surface area contributed by atoms with Crippen LogP contribution in [0.25, 0.3) is 10.9 Å². The van der Waals surface area contributed by atoms with Crippen LogP contribution in [-0.2, 0) is 4.79 Å². The molecular weight excluding hydrogens is 452 g/mol. The second kappa shape index (κ2) is 9.30. The molecule has 7 nitrogen and oxygen atoms in total. The Labute approximate surface area is 202 Å². The number of benzene rings is 2. The standard InChI is InChI=1S/C26H29F2N5O2/c1-16-3-4-23(28)22-14-24(30-25(16)22)26(35)29-19-11-18(27)12-21(13-19)33-6-5-20(15-33)32-9-7-31(8-10-32)17(2)34/h3-4,11-14,20,30H,5-10,15H2,1-2H3,(H,29,35)/t20-/m1/s1. The SMILES string of the molecule is CC(=O)N1CCN([C@@H]2CCN(c3cc(F)cc(NC(=O)c4cc5c(F)ccc(C)c5[nH]4)c3)C2)CC1. The number of H-pyrrole nitrogens is 1. The van der Waals surface area contributed by atoms with Gasteiger partial charge in [-0.2, -0.15) is 0 Å². The number of aryl methyl sites for hydroxylation is 1. The number of aromatic amines is 1. The van der Waals surface area contributed by atoms with Gasteiger partial charge in [-0.3, -0.25) is 14.5 Å². The summed E-state index contributed by atoms with van der Waals surface area (Å²) in [4.78, 5) is 33.8. The lowest BCUT2D eigenvalue weighted by Crippen LogP contribution is -2.52. The number of anilines is 2. The highest BCUT2D eigenvalue weighted by atomic mass is 19.1. The molecule has 2 N–H and O–H groups in total. The van der Waals surface area contributed by atoms with Gasteiger partial charge in [-0.25, -0.2) is 8.78 Å². The maximum Gasteiger partial charge on any atom is 0.272 e. The van der Waals surface area contributed by atoms with Crippen LogP contribution in [0, 0.1) is 18.6 Å². The van der Waals surface area contributed by atoms with Crippen molar-refractivity contribution in [1.82, 2.24) is 14.8 Å². The number of carbonyl (C=O) groups is 2. The van der Waals surface area contributed by atoms with Crippen LogP contribution in [0.4, 0.5) is 20.2 Å². The van der Waals surface area contributed by atoms with E-state index in [1.807, 2.05) is 11.8 Å². The molecule has 2 aromatic carbocycles. The fourth-order valence-electron chi connectivity index (χ4n) is 5.15. The predicted molar refractivity (Wildman–Crippen MR) is 132 cm³/mol. The summed E-state index contributed by atoms with van der Waals surface area (Å²) in [7, 11) is 0. The maximum atomic E-state index is 14.5. The van der Waals surface area contributed by atoms with Crippen LogP contribution < -0.4 is 10.2 Å². The molecule has 1 atom stereocenters. The van der Waals surface area contributed by atoms with E-state index in [9.17, 15) is 18.4 Å². The average Bonchev–Trinajstić information content (AvgIpc) is 3.50. The van der Waals surface area contributed by atoms with Gasteiger partial charge in [0.2, 0.25) is 5.91 Å². The first-order valence-electron chi connectivity index (χ1n) is 11.9. The lowest BCUT2D eigenvalue weighted by atomic mass is 10.1. The van der Waals surface area contributed by atoms with E-state index >= 15 is 0 Å². The molecule has 3 heterocycles. The van der Waals surface area contributed by atoms with Crippen LogP contribution in [0.1, 0.15) is 29.4 Å². The van der Waals surface area contributed by atoms with Gasteiger partial charge >= 0.3 is 0 Å². The monoisotopic (exact) mass is 481 g/mol. The molecule has 2 amide bonds. The topological polar surface area (TPSA) is 71.7 Å². The number of carbonyl (C=O) groups excluding carboxylic acids is 2. The highest BCUT2D eigenvalue weighted by Gasteiger charge is 2.31. The Hall–Kier alpha value is -3.46. The molecule has 5 rings (SSSR count). The molecule has 2 fully saturated rings. The molecule has 1 aromatic heterocycles. The number of piperazine rings is 1. The molecule has 0 bridgehead atoms. The Morgan fingerprint density at radius 3 is 2.51 bits per heavy atom. The van der Waals surface area contributed by atoms with Crippen LogP contribution >= 0.6 is 0 Å². The average molecular weight is 482 g/mol. The lowest BCUT2D eigenvalue weighted by molar-refractivity contribution is -0.130. The Morgan fingerprint density at radius 1 is 1.03 bits per heavy atom. The van der Waals surface area contributed by atoms with Gasteiger partial charge in [-0.1, -0.05) is 6.07 Å². The van der Waals surface area contributed by atoms with Gasteiger partial charge in [0.05, 0.1) is 5.52 Å². The fourth-order valence-corrected chi connectivity index (χ4v) is 5.15. The van der Waals surface area contributed by atoms with Crippen molar-refractivity contribution in [1.29, 1.82) is 0 Å². The van der Waals surface area contributed by atoms with Crippen LogP contribution in [0.15, 0.2) is 36.4 Å². The molecular formula is C26H29F2N5O2. The molecule has 184 valence electrons. The summed E-state index contributed by atoms with van der Waals surface area (Å²) in [5.41, 5.74) is 2.68. The van der Waals surface area contributed by atoms with E-state index in [4.69, 9.17) is 0 Å². The van der Waals surface area contributed by atoms with Crippen LogP contribution in [-0.4, -0.2) is 71.9 Å². The van der Waals surface area contributed by atoms with E-state index in [2.05, 4.69) is 20.1 Å². The van der Waals surface area contributed by atoms with Crippen molar-refractivity contribution < 1.29 is 18.4 Å². The first-order chi connectivity index (χ1) is 16.8. The molecule has 0 saturated carbocycles. The van der Waals surface area contributed by atoms with Crippen molar-refractivity contribution in [3.63, 3.8) is 0 Å². The number of hydrogen-bond acceptors (Lipinski definition) is 4. The molecule has 0 unspecified atom stereocenters. The minimum absolute atomic E-state index is 0.111. The van der Waals surface area contributed by atoms with E-state index in [-0.39, 0.29) is 11.6 Å². The van der Waals surface area contributed by atoms with Gasteiger partial charge in [0, 0.05) is 69.0 Å². The number of fused-ring (bicyclic) bond motifs is 1. The Bertz CT molecular complexity index is 1240. The van der Waals surface area contributed by atoms with Crippen molar-refractivity contribution >= 4 is 34.1 Å². The molecule has 2 saturated heterocycles. The zero-order chi connectivity index (χ0) is 24.7. The summed E-state index contributed by atoms with van der Waals surface area (Å²) in [5, 5.41) is 3.10. The highest BCUT2D eigenvalue weighted by molar-refractivity contribution is 6.06. The van der Waals surface area contributed by atoms with Crippen molar-refractivity contribution in [3.8, 4) is 0 Å². The molecule has 35 heavy (non-hydrogen) atoms. The molecule has 9 heteroatoms. The van der Waals surface area contributed by atoms with Crippen molar-refractivity contribution in [2.45, 2.75) is 26.3 Å². The van der Waals surface area contributed by atoms with Gasteiger partial charge < -0.3 is 20.1 Å². The summed E-state index contributed by atoms with van der Waals surface area (Å²) < 4.78 is 28.6. The second-order valence-electron chi connectivity index (χ2n) is 9.42. The fraction of sp³-hybridized carbons (Fsp3) is 0.385. The molecule has 2 aliphatic rings. The smallest absolute Gasteiger partial charge is 0.272 e. The van der Waals surface area contributed by atoms with Gasteiger partial charge in [0.15, 0.2) is 0 Å².